The molecule has 1 atom stereocenters. The van der Waals surface area contributed by atoms with Gasteiger partial charge in [-0.3, -0.25) is 4.90 Å². The summed E-state index contributed by atoms with van der Waals surface area (Å²) < 4.78 is 0.801. The van der Waals surface area contributed by atoms with Gasteiger partial charge in [-0.15, -0.1) is 0 Å². The lowest BCUT2D eigenvalue weighted by molar-refractivity contribution is -0.0713. The second-order valence-electron chi connectivity index (χ2n) is 5.09. The number of halogens is 1. The topological polar surface area (TPSA) is 36.4 Å². The van der Waals surface area contributed by atoms with Crippen LogP contribution in [0.5, 0.6) is 0 Å². The van der Waals surface area contributed by atoms with E-state index in [-0.39, 0.29) is 0 Å². The highest BCUT2D eigenvalue weighted by Crippen LogP contribution is 2.35. The lowest BCUT2D eigenvalue weighted by Crippen LogP contribution is -2.58. The lowest BCUT2D eigenvalue weighted by atomic mass is 9.76. The van der Waals surface area contributed by atoms with Crippen molar-refractivity contribution in [2.45, 2.75) is 18.4 Å². The standard InChI is InChI=1S/C14H15BrN2O/c15-13-2-1-11(9-16-13)3-6-14(18)10-17-7-4-12(14)5-8-17/h1-2,9,12,18H,4-5,7-8,10H2. The molecule has 3 fully saturated rings. The molecule has 4 rings (SSSR count). The lowest BCUT2D eigenvalue weighted by Gasteiger charge is -2.47. The van der Waals surface area contributed by atoms with Gasteiger partial charge < -0.3 is 5.11 Å². The maximum Gasteiger partial charge on any atom is 0.141 e. The average molecular weight is 307 g/mol. The molecule has 0 radical (unpaired) electrons. The zero-order chi connectivity index (χ0) is 12.6. The Labute approximate surface area is 115 Å². The summed E-state index contributed by atoms with van der Waals surface area (Å²) in [5, 5.41) is 10.6. The summed E-state index contributed by atoms with van der Waals surface area (Å²) in [6.45, 7) is 2.90. The van der Waals surface area contributed by atoms with Crippen LogP contribution in [0.1, 0.15) is 18.4 Å². The molecule has 3 aliphatic heterocycles. The van der Waals surface area contributed by atoms with Crippen molar-refractivity contribution in [3.63, 3.8) is 0 Å². The van der Waals surface area contributed by atoms with E-state index in [4.69, 9.17) is 0 Å². The third-order valence-electron chi connectivity index (χ3n) is 3.88. The van der Waals surface area contributed by atoms with E-state index < -0.39 is 5.60 Å². The molecule has 1 unspecified atom stereocenters. The average Bonchev–Trinajstić information content (AvgIpc) is 2.39. The van der Waals surface area contributed by atoms with Gasteiger partial charge in [0, 0.05) is 24.2 Å². The molecule has 0 amide bonds. The van der Waals surface area contributed by atoms with Crippen molar-refractivity contribution < 1.29 is 5.11 Å². The van der Waals surface area contributed by atoms with Crippen molar-refractivity contribution in [2.75, 3.05) is 19.6 Å². The zero-order valence-electron chi connectivity index (χ0n) is 10.1. The summed E-state index contributed by atoms with van der Waals surface area (Å²) in [7, 11) is 0. The Morgan fingerprint density at radius 2 is 2.17 bits per heavy atom. The largest absolute Gasteiger partial charge is 0.376 e. The van der Waals surface area contributed by atoms with E-state index in [1.165, 1.54) is 0 Å². The summed E-state index contributed by atoms with van der Waals surface area (Å²) in [4.78, 5) is 6.44. The Morgan fingerprint density at radius 3 is 2.72 bits per heavy atom. The van der Waals surface area contributed by atoms with Gasteiger partial charge >= 0.3 is 0 Å². The highest BCUT2D eigenvalue weighted by atomic mass is 79.9. The van der Waals surface area contributed by atoms with Crippen LogP contribution in [0.25, 0.3) is 0 Å². The predicted octanol–water partition coefficient (Wildman–Crippen LogP) is 1.65. The van der Waals surface area contributed by atoms with E-state index in [2.05, 4.69) is 37.7 Å². The molecule has 0 spiro atoms. The van der Waals surface area contributed by atoms with Crippen molar-refractivity contribution in [3.8, 4) is 11.8 Å². The number of hydrogen-bond acceptors (Lipinski definition) is 3. The van der Waals surface area contributed by atoms with E-state index in [9.17, 15) is 5.11 Å². The summed E-state index contributed by atoms with van der Waals surface area (Å²) in [6, 6.07) is 3.78. The van der Waals surface area contributed by atoms with Gasteiger partial charge in [0.1, 0.15) is 10.2 Å². The van der Waals surface area contributed by atoms with Crippen LogP contribution in [-0.2, 0) is 0 Å². The third-order valence-corrected chi connectivity index (χ3v) is 4.35. The van der Waals surface area contributed by atoms with Crippen LogP contribution < -0.4 is 0 Å². The number of aliphatic hydroxyl groups is 1. The van der Waals surface area contributed by atoms with Crippen LogP contribution in [0.15, 0.2) is 22.9 Å². The van der Waals surface area contributed by atoms with Crippen molar-refractivity contribution in [1.29, 1.82) is 0 Å². The van der Waals surface area contributed by atoms with Crippen molar-refractivity contribution in [1.82, 2.24) is 9.88 Å². The Morgan fingerprint density at radius 1 is 1.39 bits per heavy atom. The fraction of sp³-hybridized carbons (Fsp3) is 0.500. The Kier molecular flexibility index (Phi) is 3.14. The number of fused-ring (bicyclic) bond motifs is 3. The Bertz CT molecular complexity index is 497. The van der Waals surface area contributed by atoms with Crippen LogP contribution in [0.4, 0.5) is 0 Å². The van der Waals surface area contributed by atoms with E-state index in [0.29, 0.717) is 12.5 Å². The molecule has 0 aliphatic carbocycles. The van der Waals surface area contributed by atoms with Gasteiger partial charge in [0.2, 0.25) is 0 Å². The molecule has 2 bridgehead atoms. The Hall–Kier alpha value is -0.890. The normalized spacial score (nSPS) is 33.9. The number of piperidine rings is 3. The molecule has 94 valence electrons. The molecule has 0 saturated carbocycles. The molecule has 3 nitrogen and oxygen atoms in total. The molecule has 0 aromatic carbocycles. The van der Waals surface area contributed by atoms with E-state index in [1.807, 2.05) is 12.1 Å². The van der Waals surface area contributed by atoms with Gasteiger partial charge in [0.05, 0.1) is 0 Å². The summed E-state index contributed by atoms with van der Waals surface area (Å²) >= 11 is 3.29. The second-order valence-corrected chi connectivity index (χ2v) is 5.91. The highest BCUT2D eigenvalue weighted by Gasteiger charge is 2.44. The molecule has 4 heterocycles. The quantitative estimate of drug-likeness (QED) is 0.585. The van der Waals surface area contributed by atoms with Gasteiger partial charge in [-0.25, -0.2) is 4.98 Å². The van der Waals surface area contributed by atoms with E-state index in [0.717, 1.165) is 36.1 Å². The minimum absolute atomic E-state index is 0.332. The first-order valence-corrected chi connectivity index (χ1v) is 7.04. The number of pyridine rings is 1. The molecule has 3 aliphatic rings. The molecule has 1 aromatic heterocycles. The fourth-order valence-electron chi connectivity index (χ4n) is 2.81. The van der Waals surface area contributed by atoms with Gasteiger partial charge in [-0.1, -0.05) is 11.8 Å². The SMILES string of the molecule is OC1(C#Cc2ccc(Br)nc2)CN2CCC1CC2. The molecule has 3 saturated heterocycles. The van der Waals surface area contributed by atoms with Crippen LogP contribution in [0.3, 0.4) is 0 Å². The molecular weight excluding hydrogens is 292 g/mol. The van der Waals surface area contributed by atoms with Gasteiger partial charge in [-0.05, 0) is 54.0 Å². The van der Waals surface area contributed by atoms with Crippen molar-refractivity contribution in [2.24, 2.45) is 5.92 Å². The maximum atomic E-state index is 10.6. The fourth-order valence-corrected chi connectivity index (χ4v) is 3.04. The predicted molar refractivity (Wildman–Crippen MR) is 72.9 cm³/mol. The zero-order valence-corrected chi connectivity index (χ0v) is 11.7. The summed E-state index contributed by atoms with van der Waals surface area (Å²) in [5.41, 5.74) is 0.0203. The third kappa shape index (κ3) is 2.31. The number of aromatic nitrogens is 1. The molecular formula is C14H15BrN2O. The van der Waals surface area contributed by atoms with E-state index >= 15 is 0 Å². The minimum Gasteiger partial charge on any atom is -0.376 e. The number of rotatable bonds is 0. The van der Waals surface area contributed by atoms with Crippen LogP contribution >= 0.6 is 15.9 Å². The number of hydrogen-bond donors (Lipinski definition) is 1. The van der Waals surface area contributed by atoms with Crippen LogP contribution in [0.2, 0.25) is 0 Å². The molecule has 1 N–H and O–H groups in total. The summed E-state index contributed by atoms with van der Waals surface area (Å²) in [5.74, 6) is 6.46. The first-order chi connectivity index (χ1) is 8.66. The first-order valence-electron chi connectivity index (χ1n) is 6.25. The second kappa shape index (κ2) is 4.65. The van der Waals surface area contributed by atoms with Gasteiger partial charge in [0.25, 0.3) is 0 Å². The highest BCUT2D eigenvalue weighted by molar-refractivity contribution is 9.10. The maximum absolute atomic E-state index is 10.6. The number of nitrogens with zero attached hydrogens (tertiary/aromatic N) is 2. The molecule has 1 aromatic rings. The molecule has 18 heavy (non-hydrogen) atoms. The van der Waals surface area contributed by atoms with Gasteiger partial charge in [0.15, 0.2) is 0 Å². The van der Waals surface area contributed by atoms with E-state index in [1.54, 1.807) is 6.20 Å². The van der Waals surface area contributed by atoms with Crippen LogP contribution in [-0.4, -0.2) is 40.2 Å². The summed E-state index contributed by atoms with van der Waals surface area (Å²) in [6.07, 6.45) is 3.84. The van der Waals surface area contributed by atoms with Crippen molar-refractivity contribution >= 4 is 15.9 Å². The smallest absolute Gasteiger partial charge is 0.141 e. The van der Waals surface area contributed by atoms with Crippen LogP contribution in [0, 0.1) is 17.8 Å². The minimum atomic E-state index is -0.830. The first kappa shape index (κ1) is 12.2. The van der Waals surface area contributed by atoms with Crippen molar-refractivity contribution in [3.05, 3.63) is 28.5 Å². The Balaban J connectivity index is 1.82. The monoisotopic (exact) mass is 306 g/mol. The van der Waals surface area contributed by atoms with Gasteiger partial charge in [-0.2, -0.15) is 0 Å². The molecule has 4 heteroatoms.